The number of anilines is 1. The van der Waals surface area contributed by atoms with Gasteiger partial charge in [0.15, 0.2) is 5.13 Å². The first-order valence-electron chi connectivity index (χ1n) is 7.15. The van der Waals surface area contributed by atoms with Crippen molar-refractivity contribution in [1.82, 2.24) is 4.98 Å². The number of amides is 1. The monoisotopic (exact) mass is 381 g/mol. The summed E-state index contributed by atoms with van der Waals surface area (Å²) in [6.07, 6.45) is 1.90. The van der Waals surface area contributed by atoms with Gasteiger partial charge in [0.25, 0.3) is 11.6 Å². The van der Waals surface area contributed by atoms with Gasteiger partial charge in [0.1, 0.15) is 0 Å². The normalized spacial score (nSPS) is 10.4. The van der Waals surface area contributed by atoms with Crippen LogP contribution in [0.1, 0.15) is 33.3 Å². The van der Waals surface area contributed by atoms with Gasteiger partial charge in [-0.05, 0) is 26.2 Å². The molecule has 0 spiro atoms. The maximum Gasteiger partial charge on any atom is 0.338 e. The quantitative estimate of drug-likeness (QED) is 0.353. The Kier molecular flexibility index (Phi) is 6.10. The molecule has 0 aliphatic rings. The molecular formula is C15H15N3O5S2. The number of nitrogens with zero attached hydrogens (tertiary/aromatic N) is 2. The van der Waals surface area contributed by atoms with Crippen LogP contribution in [0.4, 0.5) is 10.8 Å². The number of nitro groups is 1. The Balaban J connectivity index is 2.33. The maximum absolute atomic E-state index is 12.4. The van der Waals surface area contributed by atoms with Crippen LogP contribution in [0.3, 0.4) is 0 Å². The number of non-ortho nitro benzene ring substituents is 1. The Morgan fingerprint density at radius 3 is 2.60 bits per heavy atom. The summed E-state index contributed by atoms with van der Waals surface area (Å²) >= 11 is 2.82. The first-order valence-corrected chi connectivity index (χ1v) is 9.19. The van der Waals surface area contributed by atoms with Crippen LogP contribution < -0.4 is 5.32 Å². The van der Waals surface area contributed by atoms with E-state index in [1.54, 1.807) is 6.92 Å². The van der Waals surface area contributed by atoms with Gasteiger partial charge in [0.2, 0.25) is 0 Å². The first kappa shape index (κ1) is 18.9. The number of ether oxygens (including phenoxy) is 1. The van der Waals surface area contributed by atoms with Gasteiger partial charge in [0.05, 0.1) is 27.0 Å². The molecule has 0 saturated heterocycles. The number of aromatic nitrogens is 1. The summed E-state index contributed by atoms with van der Waals surface area (Å²) in [7, 11) is 0. The third-order valence-corrected chi connectivity index (χ3v) is 5.35. The highest BCUT2D eigenvalue weighted by Crippen LogP contribution is 2.30. The zero-order chi connectivity index (χ0) is 18.6. The van der Waals surface area contributed by atoms with Crippen LogP contribution in [-0.4, -0.2) is 34.6 Å². The molecule has 1 aromatic heterocycles. The molecule has 0 atom stereocenters. The number of hydrogen-bond acceptors (Lipinski definition) is 8. The average Bonchev–Trinajstić information content (AvgIpc) is 2.93. The highest BCUT2D eigenvalue weighted by Gasteiger charge is 2.19. The molecule has 10 heteroatoms. The van der Waals surface area contributed by atoms with Crippen LogP contribution in [0, 0.1) is 17.0 Å². The van der Waals surface area contributed by atoms with Crippen LogP contribution in [0.5, 0.6) is 0 Å². The van der Waals surface area contributed by atoms with Gasteiger partial charge in [-0.3, -0.25) is 20.2 Å². The van der Waals surface area contributed by atoms with E-state index in [0.29, 0.717) is 5.13 Å². The largest absolute Gasteiger partial charge is 0.462 e. The fourth-order valence-corrected chi connectivity index (χ4v) is 3.58. The van der Waals surface area contributed by atoms with Crippen molar-refractivity contribution >= 4 is 45.8 Å². The average molecular weight is 381 g/mol. The number of hydrogen-bond donors (Lipinski definition) is 1. The summed E-state index contributed by atoms with van der Waals surface area (Å²) in [4.78, 5) is 38.9. The Morgan fingerprint density at radius 1 is 1.36 bits per heavy atom. The van der Waals surface area contributed by atoms with Crippen molar-refractivity contribution < 1.29 is 19.2 Å². The standard InChI is InChI=1S/C15H15N3O5S2/c1-4-23-13(20)10-5-9(6-11(7-10)18(21)22)12(19)17-15-16-8(2)14(24-3)25-15/h5-7H,4H2,1-3H3,(H,16,17,19). The zero-order valence-corrected chi connectivity index (χ0v) is 15.3. The summed E-state index contributed by atoms with van der Waals surface area (Å²) in [5, 5.41) is 14.0. The summed E-state index contributed by atoms with van der Waals surface area (Å²) in [5.41, 5.74) is 0.354. The minimum absolute atomic E-state index is 0.0178. The Labute approximate surface area is 151 Å². The fraction of sp³-hybridized carbons (Fsp3) is 0.267. The molecule has 0 aliphatic heterocycles. The van der Waals surface area contributed by atoms with E-state index < -0.39 is 16.8 Å². The smallest absolute Gasteiger partial charge is 0.338 e. The number of nitrogens with one attached hydrogen (secondary N) is 1. The van der Waals surface area contributed by atoms with E-state index in [1.165, 1.54) is 29.2 Å². The minimum Gasteiger partial charge on any atom is -0.462 e. The minimum atomic E-state index is -0.727. The molecule has 2 rings (SSSR count). The number of aryl methyl sites for hydroxylation is 1. The van der Waals surface area contributed by atoms with E-state index in [4.69, 9.17) is 4.74 Å². The summed E-state index contributed by atoms with van der Waals surface area (Å²) < 4.78 is 5.80. The van der Waals surface area contributed by atoms with E-state index in [2.05, 4.69) is 10.3 Å². The summed E-state index contributed by atoms with van der Waals surface area (Å²) in [5.74, 6) is -1.31. The molecule has 0 bridgehead atoms. The van der Waals surface area contributed by atoms with Gasteiger partial charge in [-0.15, -0.1) is 11.8 Å². The molecule has 1 aromatic carbocycles. The lowest BCUT2D eigenvalue weighted by atomic mass is 10.1. The van der Waals surface area contributed by atoms with E-state index in [1.807, 2.05) is 13.2 Å². The van der Waals surface area contributed by atoms with Crippen LogP contribution in [0.15, 0.2) is 22.4 Å². The Morgan fingerprint density at radius 2 is 2.04 bits per heavy atom. The van der Waals surface area contributed by atoms with Crippen LogP contribution in [-0.2, 0) is 4.74 Å². The number of rotatable bonds is 6. The van der Waals surface area contributed by atoms with Crippen molar-refractivity contribution in [3.63, 3.8) is 0 Å². The van der Waals surface area contributed by atoms with E-state index in [-0.39, 0.29) is 23.4 Å². The highest BCUT2D eigenvalue weighted by molar-refractivity contribution is 8.00. The van der Waals surface area contributed by atoms with Crippen molar-refractivity contribution in [2.24, 2.45) is 0 Å². The van der Waals surface area contributed by atoms with Gasteiger partial charge in [-0.2, -0.15) is 0 Å². The van der Waals surface area contributed by atoms with Crippen molar-refractivity contribution in [2.75, 3.05) is 18.2 Å². The zero-order valence-electron chi connectivity index (χ0n) is 13.7. The van der Waals surface area contributed by atoms with E-state index in [9.17, 15) is 19.7 Å². The molecule has 8 nitrogen and oxygen atoms in total. The van der Waals surface area contributed by atoms with Crippen molar-refractivity contribution in [3.05, 3.63) is 45.1 Å². The molecule has 1 N–H and O–H groups in total. The molecule has 25 heavy (non-hydrogen) atoms. The number of thiazole rings is 1. The lowest BCUT2D eigenvalue weighted by Crippen LogP contribution is -2.14. The van der Waals surface area contributed by atoms with Crippen molar-refractivity contribution in [3.8, 4) is 0 Å². The predicted molar refractivity (Wildman–Crippen MR) is 95.6 cm³/mol. The van der Waals surface area contributed by atoms with Crippen molar-refractivity contribution in [1.29, 1.82) is 0 Å². The number of esters is 1. The molecule has 1 amide bonds. The summed E-state index contributed by atoms with van der Waals surface area (Å²) in [6.45, 7) is 3.57. The SMILES string of the molecule is CCOC(=O)c1cc(C(=O)Nc2nc(C)c(SC)s2)cc([N+](=O)[O-])c1. The molecule has 1 heterocycles. The molecule has 0 radical (unpaired) electrons. The maximum atomic E-state index is 12.4. The van der Waals surface area contributed by atoms with Crippen LogP contribution in [0.2, 0.25) is 0 Å². The molecule has 0 unspecified atom stereocenters. The third kappa shape index (κ3) is 4.54. The number of carbonyl (C=O) groups excluding carboxylic acids is 2. The molecular weight excluding hydrogens is 366 g/mol. The lowest BCUT2D eigenvalue weighted by Gasteiger charge is -2.06. The number of carbonyl (C=O) groups is 2. The lowest BCUT2D eigenvalue weighted by molar-refractivity contribution is -0.384. The second-order valence-corrected chi connectivity index (χ2v) is 6.87. The van der Waals surface area contributed by atoms with Gasteiger partial charge in [-0.25, -0.2) is 9.78 Å². The van der Waals surface area contributed by atoms with Gasteiger partial charge in [-0.1, -0.05) is 11.3 Å². The first-order chi connectivity index (χ1) is 11.8. The summed E-state index contributed by atoms with van der Waals surface area (Å²) in [6, 6.07) is 3.44. The number of benzene rings is 1. The number of nitro benzene ring substituents is 1. The van der Waals surface area contributed by atoms with Crippen LogP contribution >= 0.6 is 23.1 Å². The van der Waals surface area contributed by atoms with Gasteiger partial charge < -0.3 is 4.74 Å². The third-order valence-electron chi connectivity index (χ3n) is 3.06. The fourth-order valence-electron chi connectivity index (χ4n) is 1.97. The molecule has 0 aliphatic carbocycles. The molecule has 2 aromatic rings. The van der Waals surface area contributed by atoms with E-state index in [0.717, 1.165) is 22.0 Å². The number of thioether (sulfide) groups is 1. The molecule has 132 valence electrons. The van der Waals surface area contributed by atoms with Gasteiger partial charge in [0, 0.05) is 17.7 Å². The molecule has 0 saturated carbocycles. The second-order valence-electron chi connectivity index (χ2n) is 4.80. The Hall–Kier alpha value is -2.46. The molecule has 0 fully saturated rings. The second kappa shape index (κ2) is 8.08. The topological polar surface area (TPSA) is 111 Å². The van der Waals surface area contributed by atoms with E-state index >= 15 is 0 Å². The van der Waals surface area contributed by atoms with Crippen LogP contribution in [0.25, 0.3) is 0 Å². The highest BCUT2D eigenvalue weighted by atomic mass is 32.2. The predicted octanol–water partition coefficient (Wildman–Crippen LogP) is 3.51. The van der Waals surface area contributed by atoms with Crippen molar-refractivity contribution in [2.45, 2.75) is 18.1 Å². The Bertz CT molecular complexity index is 835. The van der Waals surface area contributed by atoms with Gasteiger partial charge >= 0.3 is 5.97 Å².